The van der Waals surface area contributed by atoms with E-state index < -0.39 is 6.03 Å². The summed E-state index contributed by atoms with van der Waals surface area (Å²) in [6.07, 6.45) is 1.67. The summed E-state index contributed by atoms with van der Waals surface area (Å²) in [7, 11) is 1.38. The van der Waals surface area contributed by atoms with Gasteiger partial charge in [0.15, 0.2) is 0 Å². The van der Waals surface area contributed by atoms with E-state index in [2.05, 4.69) is 34.5 Å². The lowest BCUT2D eigenvalue weighted by atomic mass is 9.99. The summed E-state index contributed by atoms with van der Waals surface area (Å²) in [5.74, 6) is 0.871. The average Bonchev–Trinajstić information content (AvgIpc) is 2.17. The molecule has 0 radical (unpaired) electrons. The lowest BCUT2D eigenvalue weighted by molar-refractivity contribution is 0.114. The van der Waals surface area contributed by atoms with Crippen LogP contribution in [0.1, 0.15) is 30.9 Å². The molecule has 1 rings (SSSR count). The maximum atomic E-state index is 11.3. The molecular formula is C11H17N3O2. The molecule has 0 aromatic carbocycles. The van der Waals surface area contributed by atoms with Crippen molar-refractivity contribution in [3.05, 3.63) is 23.4 Å². The van der Waals surface area contributed by atoms with Crippen LogP contribution in [0.25, 0.3) is 0 Å². The number of hydrogen-bond donors (Lipinski definition) is 2. The Bertz CT molecular complexity index is 377. The predicted octanol–water partition coefficient (Wildman–Crippen LogP) is 2.20. The number of rotatable bonds is 3. The fourth-order valence-corrected chi connectivity index (χ4v) is 1.62. The van der Waals surface area contributed by atoms with Crippen molar-refractivity contribution in [3.63, 3.8) is 0 Å². The third-order valence-corrected chi connectivity index (χ3v) is 2.21. The molecule has 2 N–H and O–H groups in total. The zero-order valence-electron chi connectivity index (χ0n) is 10.00. The van der Waals surface area contributed by atoms with Gasteiger partial charge in [0.1, 0.15) is 5.82 Å². The molecule has 1 aromatic heterocycles. The van der Waals surface area contributed by atoms with E-state index in [-0.39, 0.29) is 0 Å². The van der Waals surface area contributed by atoms with Crippen LogP contribution in [0.2, 0.25) is 0 Å². The van der Waals surface area contributed by atoms with Crippen LogP contribution in [0.4, 0.5) is 10.6 Å². The SMILES string of the molecule is CONC(=O)Nc1nccc(C)c1C(C)C. The van der Waals surface area contributed by atoms with Crippen molar-refractivity contribution < 1.29 is 9.63 Å². The number of carbonyl (C=O) groups is 1. The van der Waals surface area contributed by atoms with Gasteiger partial charge < -0.3 is 0 Å². The molecule has 1 heterocycles. The molecule has 0 aliphatic carbocycles. The van der Waals surface area contributed by atoms with Crippen molar-refractivity contribution in [2.24, 2.45) is 0 Å². The highest BCUT2D eigenvalue weighted by Gasteiger charge is 2.12. The number of aryl methyl sites for hydroxylation is 1. The Hall–Kier alpha value is -1.62. The topological polar surface area (TPSA) is 63.2 Å². The number of carbonyl (C=O) groups excluding carboxylic acids is 1. The zero-order valence-corrected chi connectivity index (χ0v) is 10.00. The fraction of sp³-hybridized carbons (Fsp3) is 0.455. The smallest absolute Gasteiger partial charge is 0.290 e. The number of amides is 2. The number of hydrogen-bond acceptors (Lipinski definition) is 3. The molecule has 0 bridgehead atoms. The number of nitrogens with one attached hydrogen (secondary N) is 2. The van der Waals surface area contributed by atoms with E-state index in [0.717, 1.165) is 11.1 Å². The first-order chi connectivity index (χ1) is 7.56. The molecule has 88 valence electrons. The second-order valence-corrected chi connectivity index (χ2v) is 3.81. The zero-order chi connectivity index (χ0) is 12.1. The molecule has 5 nitrogen and oxygen atoms in total. The second kappa shape index (κ2) is 5.46. The third kappa shape index (κ3) is 2.93. The van der Waals surface area contributed by atoms with Crippen LogP contribution in [-0.2, 0) is 4.84 Å². The van der Waals surface area contributed by atoms with E-state index in [0.29, 0.717) is 11.7 Å². The quantitative estimate of drug-likeness (QED) is 0.772. The van der Waals surface area contributed by atoms with E-state index in [1.54, 1.807) is 6.20 Å². The highest BCUT2D eigenvalue weighted by Crippen LogP contribution is 2.25. The normalized spacial score (nSPS) is 10.3. The van der Waals surface area contributed by atoms with Gasteiger partial charge in [0.05, 0.1) is 7.11 Å². The number of urea groups is 1. The van der Waals surface area contributed by atoms with Crippen molar-refractivity contribution in [3.8, 4) is 0 Å². The fourth-order valence-electron chi connectivity index (χ4n) is 1.62. The Balaban J connectivity index is 2.95. The monoisotopic (exact) mass is 223 g/mol. The van der Waals surface area contributed by atoms with E-state index in [1.807, 2.05) is 13.0 Å². The van der Waals surface area contributed by atoms with Crippen LogP contribution < -0.4 is 10.8 Å². The molecule has 16 heavy (non-hydrogen) atoms. The summed E-state index contributed by atoms with van der Waals surface area (Å²) in [6, 6.07) is 1.50. The molecule has 0 atom stereocenters. The summed E-state index contributed by atoms with van der Waals surface area (Å²) < 4.78 is 0. The first-order valence-corrected chi connectivity index (χ1v) is 5.11. The third-order valence-electron chi connectivity index (χ3n) is 2.21. The van der Waals surface area contributed by atoms with Gasteiger partial charge in [-0.25, -0.2) is 15.3 Å². The maximum absolute atomic E-state index is 11.3. The molecule has 0 aliphatic heterocycles. The summed E-state index contributed by atoms with van der Waals surface area (Å²) >= 11 is 0. The van der Waals surface area contributed by atoms with Gasteiger partial charge >= 0.3 is 6.03 Å². The van der Waals surface area contributed by atoms with Gasteiger partial charge in [-0.15, -0.1) is 0 Å². The average molecular weight is 223 g/mol. The van der Waals surface area contributed by atoms with Crippen molar-refractivity contribution in [2.45, 2.75) is 26.7 Å². The summed E-state index contributed by atoms with van der Waals surface area (Å²) in [6.45, 7) is 6.11. The van der Waals surface area contributed by atoms with E-state index in [1.165, 1.54) is 7.11 Å². The molecule has 0 unspecified atom stereocenters. The van der Waals surface area contributed by atoms with Crippen LogP contribution in [0.15, 0.2) is 12.3 Å². The van der Waals surface area contributed by atoms with Crippen molar-refractivity contribution in [1.29, 1.82) is 0 Å². The molecule has 0 aliphatic rings. The van der Waals surface area contributed by atoms with E-state index >= 15 is 0 Å². The van der Waals surface area contributed by atoms with Gasteiger partial charge in [-0.1, -0.05) is 13.8 Å². The standard InChI is InChI=1S/C11H17N3O2/c1-7(2)9-8(3)5-6-12-10(9)13-11(15)14-16-4/h5-7H,1-4H3,(H2,12,13,14,15). The first-order valence-electron chi connectivity index (χ1n) is 5.11. The maximum Gasteiger partial charge on any atom is 0.344 e. The summed E-state index contributed by atoms with van der Waals surface area (Å²) in [5.41, 5.74) is 4.33. The van der Waals surface area contributed by atoms with Gasteiger partial charge in [-0.3, -0.25) is 10.2 Å². The minimum Gasteiger partial charge on any atom is -0.290 e. The molecule has 5 heteroatoms. The second-order valence-electron chi connectivity index (χ2n) is 3.81. The molecule has 0 saturated heterocycles. The minimum absolute atomic E-state index is 0.298. The van der Waals surface area contributed by atoms with Crippen LogP contribution in [-0.4, -0.2) is 18.1 Å². The van der Waals surface area contributed by atoms with Gasteiger partial charge in [-0.2, -0.15) is 0 Å². The van der Waals surface area contributed by atoms with Crippen LogP contribution in [0, 0.1) is 6.92 Å². The van der Waals surface area contributed by atoms with Gasteiger partial charge in [-0.05, 0) is 24.5 Å². The Morgan fingerprint density at radius 3 is 2.75 bits per heavy atom. The Morgan fingerprint density at radius 1 is 1.50 bits per heavy atom. The van der Waals surface area contributed by atoms with Gasteiger partial charge in [0.25, 0.3) is 0 Å². The van der Waals surface area contributed by atoms with Crippen molar-refractivity contribution in [1.82, 2.24) is 10.5 Å². The van der Waals surface area contributed by atoms with Gasteiger partial charge in [0, 0.05) is 11.8 Å². The summed E-state index contributed by atoms with van der Waals surface area (Å²) in [4.78, 5) is 20.0. The van der Waals surface area contributed by atoms with Crippen molar-refractivity contribution in [2.75, 3.05) is 12.4 Å². The molecular weight excluding hydrogens is 206 g/mol. The van der Waals surface area contributed by atoms with Crippen LogP contribution >= 0.6 is 0 Å². The van der Waals surface area contributed by atoms with E-state index in [4.69, 9.17) is 0 Å². The number of aromatic nitrogens is 1. The molecule has 0 saturated carbocycles. The number of pyridine rings is 1. The Morgan fingerprint density at radius 2 is 2.19 bits per heavy atom. The van der Waals surface area contributed by atoms with Crippen LogP contribution in [0.3, 0.4) is 0 Å². The Labute approximate surface area is 95.2 Å². The molecule has 1 aromatic rings. The highest BCUT2D eigenvalue weighted by atomic mass is 16.6. The molecule has 0 fully saturated rings. The number of nitrogens with zero attached hydrogens (tertiary/aromatic N) is 1. The highest BCUT2D eigenvalue weighted by molar-refractivity contribution is 5.88. The Kier molecular flexibility index (Phi) is 4.25. The van der Waals surface area contributed by atoms with Gasteiger partial charge in [0.2, 0.25) is 0 Å². The largest absolute Gasteiger partial charge is 0.344 e. The van der Waals surface area contributed by atoms with E-state index in [9.17, 15) is 4.79 Å². The lowest BCUT2D eigenvalue weighted by Gasteiger charge is -2.15. The molecule has 2 amide bonds. The number of hydroxylamine groups is 1. The minimum atomic E-state index is -0.428. The number of anilines is 1. The van der Waals surface area contributed by atoms with Crippen molar-refractivity contribution >= 4 is 11.8 Å². The first kappa shape index (κ1) is 12.4. The predicted molar refractivity (Wildman–Crippen MR) is 62.2 cm³/mol. The molecule has 0 spiro atoms. The summed E-state index contributed by atoms with van der Waals surface area (Å²) in [5, 5.41) is 2.65. The lowest BCUT2D eigenvalue weighted by Crippen LogP contribution is -2.28. The van der Waals surface area contributed by atoms with Crippen LogP contribution in [0.5, 0.6) is 0 Å².